The second-order valence-electron chi connectivity index (χ2n) is 5.15. The van der Waals surface area contributed by atoms with Crippen LogP contribution in [0.3, 0.4) is 0 Å². The molecule has 1 aliphatic rings. The standard InChI is InChI=1S/C15H20BrNO2S/c1-11(2)14(15(18)17-7-9-19-10-8-17)20-13-6-4-3-5-12(13)16/h3-6,11,14H,7-10H2,1-2H3. The Balaban J connectivity index is 2.10. The molecule has 0 aromatic heterocycles. The van der Waals surface area contributed by atoms with Crippen molar-refractivity contribution in [2.45, 2.75) is 24.0 Å². The molecule has 2 rings (SSSR count). The number of thioether (sulfide) groups is 1. The minimum Gasteiger partial charge on any atom is -0.378 e. The number of ether oxygens (including phenoxy) is 1. The van der Waals surface area contributed by atoms with E-state index in [0.29, 0.717) is 32.2 Å². The average molecular weight is 358 g/mol. The number of morpholine rings is 1. The molecule has 1 aromatic rings. The summed E-state index contributed by atoms with van der Waals surface area (Å²) in [5.41, 5.74) is 0. The Labute approximate surface area is 133 Å². The minimum atomic E-state index is -0.0493. The molecule has 0 saturated carbocycles. The van der Waals surface area contributed by atoms with Crippen LogP contribution in [0.15, 0.2) is 33.6 Å². The molecule has 0 aliphatic carbocycles. The quantitative estimate of drug-likeness (QED) is 0.773. The summed E-state index contributed by atoms with van der Waals surface area (Å²) in [7, 11) is 0. The third-order valence-corrected chi connectivity index (χ3v) is 5.83. The molecule has 0 bridgehead atoms. The van der Waals surface area contributed by atoms with E-state index >= 15 is 0 Å². The fourth-order valence-electron chi connectivity index (χ4n) is 2.11. The van der Waals surface area contributed by atoms with E-state index in [-0.39, 0.29) is 11.2 Å². The molecular formula is C15H20BrNO2S. The number of carbonyl (C=O) groups is 1. The fourth-order valence-corrected chi connectivity index (χ4v) is 3.81. The van der Waals surface area contributed by atoms with E-state index in [1.54, 1.807) is 11.8 Å². The lowest BCUT2D eigenvalue weighted by atomic mass is 10.1. The molecule has 0 N–H and O–H groups in total. The van der Waals surface area contributed by atoms with Crippen LogP contribution in [-0.2, 0) is 9.53 Å². The van der Waals surface area contributed by atoms with Crippen molar-refractivity contribution in [3.05, 3.63) is 28.7 Å². The van der Waals surface area contributed by atoms with Crippen LogP contribution in [-0.4, -0.2) is 42.4 Å². The van der Waals surface area contributed by atoms with Gasteiger partial charge >= 0.3 is 0 Å². The van der Waals surface area contributed by atoms with Crippen LogP contribution in [0.2, 0.25) is 0 Å². The van der Waals surface area contributed by atoms with Crippen LogP contribution in [0.25, 0.3) is 0 Å². The topological polar surface area (TPSA) is 29.5 Å². The maximum Gasteiger partial charge on any atom is 0.236 e. The zero-order valence-corrected chi connectivity index (χ0v) is 14.2. The van der Waals surface area contributed by atoms with Crippen LogP contribution in [0, 0.1) is 5.92 Å². The second kappa shape index (κ2) is 7.48. The number of halogens is 1. The third kappa shape index (κ3) is 3.99. The van der Waals surface area contributed by atoms with Gasteiger partial charge < -0.3 is 9.64 Å². The zero-order valence-electron chi connectivity index (χ0n) is 11.8. The van der Waals surface area contributed by atoms with E-state index < -0.39 is 0 Å². The Bertz CT molecular complexity index is 461. The van der Waals surface area contributed by atoms with E-state index in [4.69, 9.17) is 4.74 Å². The predicted molar refractivity (Wildman–Crippen MR) is 86.0 cm³/mol. The second-order valence-corrected chi connectivity index (χ2v) is 7.19. The van der Waals surface area contributed by atoms with Gasteiger partial charge in [0.15, 0.2) is 0 Å². The first-order valence-electron chi connectivity index (χ1n) is 6.87. The van der Waals surface area contributed by atoms with Gasteiger partial charge in [0.2, 0.25) is 5.91 Å². The SMILES string of the molecule is CC(C)C(Sc1ccccc1Br)C(=O)N1CCOCC1. The summed E-state index contributed by atoms with van der Waals surface area (Å²) < 4.78 is 6.37. The van der Waals surface area contributed by atoms with Gasteiger partial charge in [-0.15, -0.1) is 11.8 Å². The number of hydrogen-bond acceptors (Lipinski definition) is 3. The van der Waals surface area contributed by atoms with Crippen LogP contribution in [0.1, 0.15) is 13.8 Å². The van der Waals surface area contributed by atoms with E-state index in [1.165, 1.54) is 0 Å². The zero-order chi connectivity index (χ0) is 14.5. The van der Waals surface area contributed by atoms with Crippen molar-refractivity contribution in [1.82, 2.24) is 4.90 Å². The molecule has 1 fully saturated rings. The molecule has 1 amide bonds. The lowest BCUT2D eigenvalue weighted by Crippen LogP contribution is -2.46. The van der Waals surface area contributed by atoms with Crippen molar-refractivity contribution in [3.8, 4) is 0 Å². The highest BCUT2D eigenvalue weighted by molar-refractivity contribution is 9.10. The lowest BCUT2D eigenvalue weighted by molar-refractivity contribution is -0.135. The molecule has 110 valence electrons. The molecular weight excluding hydrogens is 338 g/mol. The van der Waals surface area contributed by atoms with Crippen molar-refractivity contribution in [1.29, 1.82) is 0 Å². The number of carbonyl (C=O) groups excluding carboxylic acids is 1. The normalized spacial score (nSPS) is 17.3. The van der Waals surface area contributed by atoms with E-state index in [0.717, 1.165) is 9.37 Å². The summed E-state index contributed by atoms with van der Waals surface area (Å²) in [5, 5.41) is -0.0493. The monoisotopic (exact) mass is 357 g/mol. The molecule has 1 aromatic carbocycles. The van der Waals surface area contributed by atoms with Crippen molar-refractivity contribution < 1.29 is 9.53 Å². The fraction of sp³-hybridized carbons (Fsp3) is 0.533. The van der Waals surface area contributed by atoms with E-state index in [1.807, 2.05) is 23.1 Å². The Kier molecular flexibility index (Phi) is 5.93. The van der Waals surface area contributed by atoms with Gasteiger partial charge in [0.05, 0.1) is 18.5 Å². The number of nitrogens with zero attached hydrogens (tertiary/aromatic N) is 1. The highest BCUT2D eigenvalue weighted by Gasteiger charge is 2.29. The largest absolute Gasteiger partial charge is 0.378 e. The first kappa shape index (κ1) is 15.9. The van der Waals surface area contributed by atoms with Crippen molar-refractivity contribution >= 4 is 33.6 Å². The molecule has 5 heteroatoms. The highest BCUT2D eigenvalue weighted by atomic mass is 79.9. The molecule has 3 nitrogen and oxygen atoms in total. The van der Waals surface area contributed by atoms with Gasteiger partial charge in [-0.1, -0.05) is 26.0 Å². The van der Waals surface area contributed by atoms with Crippen LogP contribution in [0.4, 0.5) is 0 Å². The van der Waals surface area contributed by atoms with Gasteiger partial charge in [-0.2, -0.15) is 0 Å². The maximum absolute atomic E-state index is 12.7. The minimum absolute atomic E-state index is 0.0493. The van der Waals surface area contributed by atoms with Crippen molar-refractivity contribution in [2.24, 2.45) is 5.92 Å². The molecule has 1 heterocycles. The number of rotatable bonds is 4. The molecule has 0 spiro atoms. The number of amides is 1. The van der Waals surface area contributed by atoms with Crippen LogP contribution >= 0.6 is 27.7 Å². The summed E-state index contributed by atoms with van der Waals surface area (Å²) >= 11 is 5.20. The first-order valence-corrected chi connectivity index (χ1v) is 8.54. The smallest absolute Gasteiger partial charge is 0.236 e. The summed E-state index contributed by atoms with van der Waals surface area (Å²) in [6, 6.07) is 8.06. The average Bonchev–Trinajstić information content (AvgIpc) is 2.46. The van der Waals surface area contributed by atoms with Gasteiger partial charge in [-0.05, 0) is 34.0 Å². The Hall–Kier alpha value is -0.520. The Morgan fingerprint density at radius 3 is 2.55 bits per heavy atom. The van der Waals surface area contributed by atoms with Gasteiger partial charge in [0.25, 0.3) is 0 Å². The summed E-state index contributed by atoms with van der Waals surface area (Å²) in [5.74, 6) is 0.520. The van der Waals surface area contributed by atoms with Gasteiger partial charge in [-0.3, -0.25) is 4.79 Å². The van der Waals surface area contributed by atoms with Crippen molar-refractivity contribution in [3.63, 3.8) is 0 Å². The summed E-state index contributed by atoms with van der Waals surface area (Å²) in [4.78, 5) is 15.7. The number of benzene rings is 1. The third-order valence-electron chi connectivity index (χ3n) is 3.26. The number of hydrogen-bond donors (Lipinski definition) is 0. The van der Waals surface area contributed by atoms with E-state index in [2.05, 4.69) is 35.8 Å². The van der Waals surface area contributed by atoms with Gasteiger partial charge in [0.1, 0.15) is 0 Å². The molecule has 20 heavy (non-hydrogen) atoms. The highest BCUT2D eigenvalue weighted by Crippen LogP contribution is 2.34. The Morgan fingerprint density at radius 1 is 1.30 bits per heavy atom. The first-order chi connectivity index (χ1) is 9.59. The van der Waals surface area contributed by atoms with Crippen LogP contribution < -0.4 is 0 Å². The maximum atomic E-state index is 12.7. The molecule has 1 atom stereocenters. The Morgan fingerprint density at radius 2 is 1.95 bits per heavy atom. The molecule has 1 aliphatic heterocycles. The molecule has 0 radical (unpaired) electrons. The van der Waals surface area contributed by atoms with E-state index in [9.17, 15) is 4.79 Å². The molecule has 1 saturated heterocycles. The summed E-state index contributed by atoms with van der Waals surface area (Å²) in [6.45, 7) is 6.92. The molecule has 1 unspecified atom stereocenters. The van der Waals surface area contributed by atoms with Gasteiger partial charge in [0, 0.05) is 22.5 Å². The van der Waals surface area contributed by atoms with Gasteiger partial charge in [-0.25, -0.2) is 0 Å². The predicted octanol–water partition coefficient (Wildman–Crippen LogP) is 3.42. The lowest BCUT2D eigenvalue weighted by Gasteiger charge is -2.31. The van der Waals surface area contributed by atoms with Crippen molar-refractivity contribution in [2.75, 3.05) is 26.3 Å². The summed E-state index contributed by atoms with van der Waals surface area (Å²) in [6.07, 6.45) is 0. The van der Waals surface area contributed by atoms with Crippen LogP contribution in [0.5, 0.6) is 0 Å².